The molecule has 1 aromatic rings. The number of ether oxygens (including phenoxy) is 1. The topological polar surface area (TPSA) is 79.2 Å². The van der Waals surface area contributed by atoms with Gasteiger partial charge < -0.3 is 4.74 Å². The summed E-state index contributed by atoms with van der Waals surface area (Å²) in [5.41, 5.74) is 0. The number of nitriles is 1. The summed E-state index contributed by atoms with van der Waals surface area (Å²) in [7, 11) is -3.49. The third-order valence-corrected chi connectivity index (χ3v) is 5.11. The standard InChI is InChI=1S/C12H18N2O3S2/c1-10(2)9-17-7-3-6-14-19(15,16)12-5-4-11(8-13)18-12/h4-5,10,14H,3,6-7,9H2,1-2H3. The number of nitrogens with zero attached hydrogens (tertiary/aromatic N) is 1. The Balaban J connectivity index is 2.34. The molecule has 19 heavy (non-hydrogen) atoms. The molecule has 0 saturated heterocycles. The molecule has 0 unspecified atom stereocenters. The Labute approximate surface area is 118 Å². The normalized spacial score (nSPS) is 11.7. The van der Waals surface area contributed by atoms with Crippen LogP contribution in [0, 0.1) is 17.2 Å². The van der Waals surface area contributed by atoms with Crippen LogP contribution in [0.3, 0.4) is 0 Å². The van der Waals surface area contributed by atoms with Crippen molar-refractivity contribution < 1.29 is 13.2 Å². The van der Waals surface area contributed by atoms with Crippen molar-refractivity contribution in [2.45, 2.75) is 24.5 Å². The average molecular weight is 302 g/mol. The number of nitrogens with one attached hydrogen (secondary N) is 1. The summed E-state index contributed by atoms with van der Waals surface area (Å²) in [6, 6.07) is 4.87. The van der Waals surface area contributed by atoms with Crippen molar-refractivity contribution in [3.8, 4) is 6.07 Å². The van der Waals surface area contributed by atoms with Crippen molar-refractivity contribution in [1.29, 1.82) is 5.26 Å². The van der Waals surface area contributed by atoms with Gasteiger partial charge in [-0.15, -0.1) is 11.3 Å². The lowest BCUT2D eigenvalue weighted by atomic mass is 10.2. The molecule has 0 saturated carbocycles. The zero-order chi connectivity index (χ0) is 14.3. The van der Waals surface area contributed by atoms with Crippen LogP contribution in [0.2, 0.25) is 0 Å². The van der Waals surface area contributed by atoms with Crippen LogP contribution >= 0.6 is 11.3 Å². The first-order chi connectivity index (χ1) is 8.95. The molecule has 1 N–H and O–H groups in total. The molecule has 0 aliphatic rings. The molecule has 0 amide bonds. The van der Waals surface area contributed by atoms with Crippen molar-refractivity contribution in [3.63, 3.8) is 0 Å². The summed E-state index contributed by atoms with van der Waals surface area (Å²) in [5.74, 6) is 0.479. The molecule has 0 bridgehead atoms. The molecule has 0 aromatic carbocycles. The van der Waals surface area contributed by atoms with E-state index in [1.807, 2.05) is 6.07 Å². The third-order valence-electron chi connectivity index (χ3n) is 2.17. The van der Waals surface area contributed by atoms with Crippen LogP contribution in [0.15, 0.2) is 16.3 Å². The number of sulfonamides is 1. The van der Waals surface area contributed by atoms with Crippen LogP contribution in [-0.4, -0.2) is 28.2 Å². The van der Waals surface area contributed by atoms with E-state index in [9.17, 15) is 8.42 Å². The third kappa shape index (κ3) is 5.70. The number of rotatable bonds is 8. The highest BCUT2D eigenvalue weighted by Crippen LogP contribution is 2.20. The second kappa shape index (κ2) is 7.60. The molecule has 0 aliphatic carbocycles. The van der Waals surface area contributed by atoms with Crippen molar-refractivity contribution in [1.82, 2.24) is 4.72 Å². The Bertz CT molecular complexity index is 529. The van der Waals surface area contributed by atoms with Crippen LogP contribution in [0.25, 0.3) is 0 Å². The maximum atomic E-state index is 11.9. The summed E-state index contributed by atoms with van der Waals surface area (Å²) in [6.07, 6.45) is 0.627. The first-order valence-electron chi connectivity index (χ1n) is 6.03. The minimum atomic E-state index is -3.49. The number of hydrogen-bond donors (Lipinski definition) is 1. The minimum absolute atomic E-state index is 0.173. The summed E-state index contributed by atoms with van der Waals surface area (Å²) in [6.45, 7) is 5.68. The van der Waals surface area contributed by atoms with Crippen molar-refractivity contribution in [2.24, 2.45) is 5.92 Å². The van der Waals surface area contributed by atoms with Gasteiger partial charge in [0, 0.05) is 19.8 Å². The predicted molar refractivity (Wildman–Crippen MR) is 74.5 cm³/mol. The molecule has 7 heteroatoms. The smallest absolute Gasteiger partial charge is 0.250 e. The Morgan fingerprint density at radius 3 is 2.79 bits per heavy atom. The summed E-state index contributed by atoms with van der Waals surface area (Å²) in [4.78, 5) is 0.389. The van der Waals surface area contributed by atoms with E-state index >= 15 is 0 Å². The molecular weight excluding hydrogens is 284 g/mol. The van der Waals surface area contributed by atoms with E-state index in [0.717, 1.165) is 11.3 Å². The van der Waals surface area contributed by atoms with Crippen molar-refractivity contribution in [2.75, 3.05) is 19.8 Å². The predicted octanol–water partition coefficient (Wildman–Crippen LogP) is 1.96. The second-order valence-corrected chi connectivity index (χ2v) is 7.53. The molecule has 0 aliphatic heterocycles. The van der Waals surface area contributed by atoms with Gasteiger partial charge >= 0.3 is 0 Å². The summed E-state index contributed by atoms with van der Waals surface area (Å²) in [5, 5.41) is 8.66. The van der Waals surface area contributed by atoms with Crippen LogP contribution in [0.4, 0.5) is 0 Å². The van der Waals surface area contributed by atoms with Gasteiger partial charge in [-0.3, -0.25) is 0 Å². The van der Waals surface area contributed by atoms with Crippen molar-refractivity contribution >= 4 is 21.4 Å². The molecule has 0 radical (unpaired) electrons. The first-order valence-corrected chi connectivity index (χ1v) is 8.33. The van der Waals surface area contributed by atoms with E-state index in [1.54, 1.807) is 0 Å². The molecule has 0 atom stereocenters. The molecule has 1 aromatic heterocycles. The molecular formula is C12H18N2O3S2. The average Bonchev–Trinajstić information content (AvgIpc) is 2.82. The van der Waals surface area contributed by atoms with Gasteiger partial charge in [0.25, 0.3) is 0 Å². The molecule has 1 rings (SSSR count). The second-order valence-electron chi connectivity index (χ2n) is 4.45. The van der Waals surface area contributed by atoms with Gasteiger partial charge in [-0.1, -0.05) is 13.8 Å². The summed E-state index contributed by atoms with van der Waals surface area (Å²) >= 11 is 0.969. The fourth-order valence-corrected chi connectivity index (χ4v) is 3.52. The molecule has 1 heterocycles. The van der Waals surface area contributed by atoms with E-state index < -0.39 is 10.0 Å². The molecule has 0 spiro atoms. The number of thiophene rings is 1. The summed E-state index contributed by atoms with van der Waals surface area (Å²) < 4.78 is 31.7. The van der Waals surface area contributed by atoms with Gasteiger partial charge in [-0.2, -0.15) is 5.26 Å². The van der Waals surface area contributed by atoms with Crippen molar-refractivity contribution in [3.05, 3.63) is 17.0 Å². The Morgan fingerprint density at radius 1 is 1.47 bits per heavy atom. The SMILES string of the molecule is CC(C)COCCCNS(=O)(=O)c1ccc(C#N)s1. The molecule has 106 valence electrons. The maximum absolute atomic E-state index is 11.9. The number of hydrogen-bond acceptors (Lipinski definition) is 5. The maximum Gasteiger partial charge on any atom is 0.250 e. The fraction of sp³-hybridized carbons (Fsp3) is 0.583. The highest BCUT2D eigenvalue weighted by molar-refractivity contribution is 7.91. The van der Waals surface area contributed by atoms with E-state index in [-0.39, 0.29) is 4.21 Å². The van der Waals surface area contributed by atoms with Gasteiger partial charge in [0.05, 0.1) is 0 Å². The van der Waals surface area contributed by atoms with E-state index in [4.69, 9.17) is 10.00 Å². The van der Waals surface area contributed by atoms with E-state index in [0.29, 0.717) is 37.0 Å². The van der Waals surface area contributed by atoms with Gasteiger partial charge in [0.2, 0.25) is 10.0 Å². The lowest BCUT2D eigenvalue weighted by molar-refractivity contribution is 0.108. The lowest BCUT2D eigenvalue weighted by Crippen LogP contribution is -2.25. The largest absolute Gasteiger partial charge is 0.381 e. The Morgan fingerprint density at radius 2 is 2.21 bits per heavy atom. The lowest BCUT2D eigenvalue weighted by Gasteiger charge is -2.07. The highest BCUT2D eigenvalue weighted by atomic mass is 32.2. The van der Waals surface area contributed by atoms with Crippen LogP contribution in [0.5, 0.6) is 0 Å². The Kier molecular flexibility index (Phi) is 6.45. The fourth-order valence-electron chi connectivity index (χ4n) is 1.30. The van der Waals surface area contributed by atoms with Crippen LogP contribution < -0.4 is 4.72 Å². The minimum Gasteiger partial charge on any atom is -0.381 e. The van der Waals surface area contributed by atoms with Gasteiger partial charge in [0.15, 0.2) is 0 Å². The zero-order valence-electron chi connectivity index (χ0n) is 11.0. The highest BCUT2D eigenvalue weighted by Gasteiger charge is 2.15. The molecule has 5 nitrogen and oxygen atoms in total. The monoisotopic (exact) mass is 302 g/mol. The van der Waals surface area contributed by atoms with Gasteiger partial charge in [-0.25, -0.2) is 13.1 Å². The van der Waals surface area contributed by atoms with Gasteiger partial charge in [0.1, 0.15) is 15.2 Å². The van der Waals surface area contributed by atoms with E-state index in [1.165, 1.54) is 12.1 Å². The Hall–Kier alpha value is -0.940. The van der Waals surface area contributed by atoms with Crippen LogP contribution in [0.1, 0.15) is 25.1 Å². The van der Waals surface area contributed by atoms with Crippen LogP contribution in [-0.2, 0) is 14.8 Å². The first kappa shape index (κ1) is 16.1. The van der Waals surface area contributed by atoms with E-state index in [2.05, 4.69) is 18.6 Å². The zero-order valence-corrected chi connectivity index (χ0v) is 12.7. The quantitative estimate of drug-likeness (QED) is 0.744. The molecule has 0 fully saturated rings. The van der Waals surface area contributed by atoms with Gasteiger partial charge in [-0.05, 0) is 24.5 Å².